The lowest BCUT2D eigenvalue weighted by atomic mass is 9.92. The molecule has 6 aromatic rings. The molecule has 7 nitrogen and oxygen atoms in total. The van der Waals surface area contributed by atoms with Crippen LogP contribution in [0.1, 0.15) is 37.5 Å². The van der Waals surface area contributed by atoms with Crippen LogP contribution in [0.4, 0.5) is 0 Å². The predicted octanol–water partition coefficient (Wildman–Crippen LogP) is 8.64. The summed E-state index contributed by atoms with van der Waals surface area (Å²) in [6.07, 6.45) is 3.48. The number of carbonyl (C=O) groups is 1. The number of thiazole rings is 1. The first-order valence-corrected chi connectivity index (χ1v) is 14.7. The van der Waals surface area contributed by atoms with Crippen molar-refractivity contribution in [2.24, 2.45) is 0 Å². The van der Waals surface area contributed by atoms with Gasteiger partial charge >= 0.3 is 5.97 Å². The summed E-state index contributed by atoms with van der Waals surface area (Å²) in [7, 11) is 0. The number of nitrogens with zero attached hydrogens (tertiary/aromatic N) is 3. The maximum atomic E-state index is 12.0. The highest BCUT2D eigenvalue weighted by atomic mass is 35.5. The number of aromatic nitrogens is 4. The van der Waals surface area contributed by atoms with Crippen LogP contribution in [0.25, 0.3) is 54.1 Å². The molecule has 42 heavy (non-hydrogen) atoms. The van der Waals surface area contributed by atoms with Crippen molar-refractivity contribution in [1.82, 2.24) is 20.2 Å². The van der Waals surface area contributed by atoms with E-state index in [9.17, 15) is 9.90 Å². The number of H-pyrrole nitrogens is 1. The number of aliphatic carboxylic acids is 1. The third-order valence-corrected chi connectivity index (χ3v) is 8.41. The minimum Gasteiger partial charge on any atom is -0.487 e. The molecule has 0 bridgehead atoms. The first-order valence-electron chi connectivity index (χ1n) is 13.5. The van der Waals surface area contributed by atoms with Crippen LogP contribution >= 0.6 is 22.9 Å². The van der Waals surface area contributed by atoms with Crippen LogP contribution in [0.5, 0.6) is 5.75 Å². The molecule has 6 rings (SSSR count). The Morgan fingerprint density at radius 3 is 2.62 bits per heavy atom. The Labute approximate surface area is 252 Å². The molecule has 3 aromatic carbocycles. The molecular formula is C33H29ClN4O3S. The smallest absolute Gasteiger partial charge is 0.307 e. The summed E-state index contributed by atoms with van der Waals surface area (Å²) in [5, 5.41) is 19.4. The summed E-state index contributed by atoms with van der Waals surface area (Å²) in [5.74, 6) is -0.306. The van der Waals surface area contributed by atoms with Gasteiger partial charge in [0.05, 0.1) is 34.0 Å². The van der Waals surface area contributed by atoms with Gasteiger partial charge in [-0.05, 0) is 99.8 Å². The number of hydrogen-bond acceptors (Lipinski definition) is 6. The number of aryl methyl sites for hydroxylation is 2. The Kier molecular flexibility index (Phi) is 6.99. The highest BCUT2D eigenvalue weighted by Gasteiger charge is 2.24. The topological polar surface area (TPSA) is 101 Å². The average molecular weight is 597 g/mol. The molecule has 212 valence electrons. The van der Waals surface area contributed by atoms with Gasteiger partial charge in [-0.25, -0.2) is 4.98 Å². The lowest BCUT2D eigenvalue weighted by molar-refractivity contribution is -0.136. The lowest BCUT2D eigenvalue weighted by Gasteiger charge is -2.24. The summed E-state index contributed by atoms with van der Waals surface area (Å²) in [6.45, 7) is 9.91. The molecule has 2 N–H and O–H groups in total. The molecule has 0 fully saturated rings. The summed E-state index contributed by atoms with van der Waals surface area (Å²) in [6, 6.07) is 15.6. The van der Waals surface area contributed by atoms with Crippen molar-refractivity contribution < 1.29 is 14.6 Å². The molecule has 9 heteroatoms. The lowest BCUT2D eigenvalue weighted by Crippen LogP contribution is -2.23. The number of ether oxygens (including phenoxy) is 1. The van der Waals surface area contributed by atoms with Crippen LogP contribution in [-0.4, -0.2) is 36.8 Å². The van der Waals surface area contributed by atoms with Gasteiger partial charge < -0.3 is 9.84 Å². The maximum Gasteiger partial charge on any atom is 0.307 e. The fraction of sp³-hybridized carbons (Fsp3) is 0.212. The molecule has 0 aliphatic heterocycles. The number of carboxylic acids is 1. The van der Waals surface area contributed by atoms with Crippen molar-refractivity contribution in [2.75, 3.05) is 0 Å². The van der Waals surface area contributed by atoms with Crippen molar-refractivity contribution in [2.45, 2.75) is 46.6 Å². The van der Waals surface area contributed by atoms with E-state index in [4.69, 9.17) is 21.3 Å². The van der Waals surface area contributed by atoms with E-state index in [-0.39, 0.29) is 6.42 Å². The normalized spacial score (nSPS) is 11.9. The van der Waals surface area contributed by atoms with Crippen molar-refractivity contribution >= 4 is 50.0 Å². The second-order valence-corrected chi connectivity index (χ2v) is 12.8. The van der Waals surface area contributed by atoms with E-state index >= 15 is 0 Å². The third kappa shape index (κ3) is 5.35. The van der Waals surface area contributed by atoms with Crippen molar-refractivity contribution in [1.29, 1.82) is 0 Å². The summed E-state index contributed by atoms with van der Waals surface area (Å²) < 4.78 is 7.24. The molecule has 0 unspecified atom stereocenters. The van der Waals surface area contributed by atoms with Crippen molar-refractivity contribution in [3.05, 3.63) is 82.6 Å². The van der Waals surface area contributed by atoms with Crippen LogP contribution in [0, 0.1) is 13.8 Å². The van der Waals surface area contributed by atoms with Crippen LogP contribution < -0.4 is 4.74 Å². The Morgan fingerprint density at radius 2 is 1.86 bits per heavy atom. The minimum atomic E-state index is -0.903. The van der Waals surface area contributed by atoms with Crippen molar-refractivity contribution in [3.63, 3.8) is 0 Å². The van der Waals surface area contributed by atoms with Crippen molar-refractivity contribution in [3.8, 4) is 38.7 Å². The Hall–Kier alpha value is -4.27. The first-order chi connectivity index (χ1) is 20.0. The standard InChI is InChI=1S/C33H29ClN4O3S/c1-17-10-25-20(16-36-38-25)12-23(17)26-13-19(8-9-35-26)32-37-27-11-18(2)24(15-29(39)40)30(31(27)42-32)22-7-6-21(34)14-28(22)41-33(3,4)5/h6-14,16H,15H2,1-5H3,(H,36,38)(H,39,40). The third-order valence-electron chi connectivity index (χ3n) is 7.04. The number of fused-ring (bicyclic) bond motifs is 2. The van der Waals surface area contributed by atoms with Gasteiger partial charge in [-0.2, -0.15) is 5.10 Å². The molecule has 3 heterocycles. The van der Waals surface area contributed by atoms with Gasteiger partial charge in [0.1, 0.15) is 16.4 Å². The largest absolute Gasteiger partial charge is 0.487 e. The number of aromatic amines is 1. The number of nitrogens with one attached hydrogen (secondary N) is 1. The molecule has 0 saturated carbocycles. The van der Waals surface area contributed by atoms with Crippen LogP contribution in [-0.2, 0) is 11.2 Å². The van der Waals surface area contributed by atoms with Gasteiger partial charge in [-0.15, -0.1) is 11.3 Å². The van der Waals surface area contributed by atoms with E-state index in [0.29, 0.717) is 10.8 Å². The average Bonchev–Trinajstić information content (AvgIpc) is 3.54. The van der Waals surface area contributed by atoms with E-state index in [1.165, 1.54) is 11.3 Å². The van der Waals surface area contributed by atoms with Gasteiger partial charge in [-0.1, -0.05) is 11.6 Å². The quantitative estimate of drug-likeness (QED) is 0.199. The zero-order valence-electron chi connectivity index (χ0n) is 23.9. The number of benzene rings is 3. The fourth-order valence-electron chi connectivity index (χ4n) is 5.23. The van der Waals surface area contributed by atoms with E-state index < -0.39 is 11.6 Å². The fourth-order valence-corrected chi connectivity index (χ4v) is 6.51. The molecule has 0 aliphatic carbocycles. The highest BCUT2D eigenvalue weighted by Crippen LogP contribution is 2.45. The van der Waals surface area contributed by atoms with E-state index in [1.807, 2.05) is 58.2 Å². The number of hydrogen-bond donors (Lipinski definition) is 2. The zero-order valence-corrected chi connectivity index (χ0v) is 25.4. The Morgan fingerprint density at radius 1 is 1.05 bits per heavy atom. The molecule has 0 atom stereocenters. The molecule has 3 aromatic heterocycles. The molecule has 0 saturated heterocycles. The van der Waals surface area contributed by atoms with Gasteiger partial charge in [0.15, 0.2) is 0 Å². The second-order valence-electron chi connectivity index (χ2n) is 11.4. The summed E-state index contributed by atoms with van der Waals surface area (Å²) in [4.78, 5) is 21.7. The number of halogens is 1. The highest BCUT2D eigenvalue weighted by molar-refractivity contribution is 7.22. The van der Waals surface area contributed by atoms with Gasteiger partial charge in [0.2, 0.25) is 0 Å². The summed E-state index contributed by atoms with van der Waals surface area (Å²) >= 11 is 7.93. The first kappa shape index (κ1) is 27.9. The van der Waals surface area contributed by atoms with Gasteiger partial charge in [0.25, 0.3) is 0 Å². The molecule has 0 aliphatic rings. The summed E-state index contributed by atoms with van der Waals surface area (Å²) in [5.41, 5.74) is 8.35. The van der Waals surface area contributed by atoms with Gasteiger partial charge in [-0.3, -0.25) is 14.9 Å². The number of carboxylic acid groups (broad SMARTS) is 1. The monoisotopic (exact) mass is 596 g/mol. The predicted molar refractivity (Wildman–Crippen MR) is 170 cm³/mol. The molecular weight excluding hydrogens is 568 g/mol. The van der Waals surface area contributed by atoms with E-state index in [1.54, 1.807) is 18.3 Å². The van der Waals surface area contributed by atoms with Crippen LogP contribution in [0.2, 0.25) is 5.02 Å². The van der Waals surface area contributed by atoms with Gasteiger partial charge in [0, 0.05) is 38.9 Å². The second kappa shape index (κ2) is 10.5. The SMILES string of the molecule is Cc1cc2[nH]ncc2cc1-c1cc(-c2nc3cc(C)c(CC(=O)O)c(-c4ccc(Cl)cc4OC(C)(C)C)c3s2)ccn1. The van der Waals surface area contributed by atoms with Crippen LogP contribution in [0.15, 0.2) is 60.9 Å². The van der Waals surface area contributed by atoms with E-state index in [0.717, 1.165) is 70.8 Å². The number of pyridine rings is 1. The maximum absolute atomic E-state index is 12.0. The molecule has 0 radical (unpaired) electrons. The zero-order chi connectivity index (χ0) is 29.8. The Balaban J connectivity index is 1.55. The Bertz CT molecular complexity index is 2000. The van der Waals surface area contributed by atoms with Crippen LogP contribution in [0.3, 0.4) is 0 Å². The number of rotatable bonds is 6. The minimum absolute atomic E-state index is 0.128. The molecule has 0 amide bonds. The molecule has 0 spiro atoms. The van der Waals surface area contributed by atoms with E-state index in [2.05, 4.69) is 34.2 Å².